The molecule has 0 spiro atoms. The molecule has 1 saturated carbocycles. The second-order valence-electron chi connectivity index (χ2n) is 7.81. The summed E-state index contributed by atoms with van der Waals surface area (Å²) in [5, 5.41) is 13.3. The fourth-order valence-electron chi connectivity index (χ4n) is 4.48. The molecular weight excluding hydrogens is 467 g/mol. The van der Waals surface area contributed by atoms with Crippen molar-refractivity contribution in [3.63, 3.8) is 0 Å². The van der Waals surface area contributed by atoms with E-state index in [1.807, 2.05) is 6.92 Å². The molecule has 0 N–H and O–H groups in total. The molecule has 5 rings (SSSR count). The number of alkyl halides is 1. The Hall–Kier alpha value is -1.74. The number of hydrogen-bond donors (Lipinski definition) is 0. The lowest BCUT2D eigenvalue weighted by molar-refractivity contribution is 0.105. The molecular formula is C21H23IN4O2. The summed E-state index contributed by atoms with van der Waals surface area (Å²) in [5.41, 5.74) is 4.82. The van der Waals surface area contributed by atoms with Gasteiger partial charge in [-0.3, -0.25) is 4.57 Å². The minimum Gasteiger partial charge on any atom is -0.369 e. The first-order valence-electron chi connectivity index (χ1n) is 9.86. The first-order chi connectivity index (χ1) is 13.7. The summed E-state index contributed by atoms with van der Waals surface area (Å²) < 4.78 is 14.4. The second-order valence-corrected chi connectivity index (χ2v) is 8.57. The molecule has 1 aliphatic heterocycles. The molecule has 0 unspecified atom stereocenters. The summed E-state index contributed by atoms with van der Waals surface area (Å²) in [5.74, 6) is 3.79. The van der Waals surface area contributed by atoms with Gasteiger partial charge in [0.25, 0.3) is 0 Å². The number of ether oxygens (including phenoxy) is 1. The highest BCUT2D eigenvalue weighted by Gasteiger charge is 2.30. The molecule has 2 aliphatic rings. The molecule has 28 heavy (non-hydrogen) atoms. The summed E-state index contributed by atoms with van der Waals surface area (Å²) in [4.78, 5) is 0. The zero-order chi connectivity index (χ0) is 19.1. The Morgan fingerprint density at radius 2 is 1.89 bits per heavy atom. The predicted molar refractivity (Wildman–Crippen MR) is 113 cm³/mol. The van der Waals surface area contributed by atoms with Crippen molar-refractivity contribution in [3.8, 4) is 5.69 Å². The van der Waals surface area contributed by atoms with Crippen LogP contribution in [0.1, 0.15) is 71.7 Å². The Morgan fingerprint density at radius 1 is 1.07 bits per heavy atom. The fraction of sp³-hybridized carbons (Fsp3) is 0.476. The van der Waals surface area contributed by atoms with Gasteiger partial charge in [-0.2, -0.15) is 0 Å². The number of aromatic nitrogens is 4. The number of rotatable bonds is 3. The van der Waals surface area contributed by atoms with Gasteiger partial charge in [0.15, 0.2) is 5.82 Å². The molecule has 0 bridgehead atoms. The topological polar surface area (TPSA) is 66.0 Å². The second kappa shape index (κ2) is 7.59. The van der Waals surface area contributed by atoms with E-state index in [4.69, 9.17) is 9.26 Å². The summed E-state index contributed by atoms with van der Waals surface area (Å²) in [6.45, 7) is 3.09. The van der Waals surface area contributed by atoms with Gasteiger partial charge >= 0.3 is 0 Å². The Labute approximate surface area is 177 Å². The van der Waals surface area contributed by atoms with Gasteiger partial charge in [0.05, 0.1) is 18.0 Å². The maximum Gasteiger partial charge on any atom is 0.163 e. The van der Waals surface area contributed by atoms with Crippen LogP contribution in [0.5, 0.6) is 0 Å². The number of aryl methyl sites for hydroxylation is 1. The van der Waals surface area contributed by atoms with Crippen LogP contribution in [0.25, 0.3) is 5.69 Å². The van der Waals surface area contributed by atoms with Crippen LogP contribution < -0.4 is 0 Å². The average molecular weight is 490 g/mol. The van der Waals surface area contributed by atoms with Crippen LogP contribution in [-0.2, 0) is 22.4 Å². The summed E-state index contributed by atoms with van der Waals surface area (Å²) in [6, 6.07) is 8.74. The third kappa shape index (κ3) is 3.28. The van der Waals surface area contributed by atoms with Crippen molar-refractivity contribution in [2.24, 2.45) is 0 Å². The van der Waals surface area contributed by atoms with Crippen molar-refractivity contribution in [2.45, 2.75) is 62.1 Å². The van der Waals surface area contributed by atoms with Crippen molar-refractivity contribution in [3.05, 3.63) is 58.5 Å². The zero-order valence-electron chi connectivity index (χ0n) is 15.9. The highest BCUT2D eigenvalue weighted by molar-refractivity contribution is 14.1. The standard InChI is InChI=1S/C21H23IN4O2/c1-13-8-18(25-28-13)15-3-5-16(6-4-15)21-24-23-20-12-27-11-17-9-14(10-22)2-7-19(17)26(20)21/h2,7-9,15-16H,3-6,10-12H2,1H3/t15-,16-. The van der Waals surface area contributed by atoms with Crippen molar-refractivity contribution in [1.29, 1.82) is 0 Å². The smallest absolute Gasteiger partial charge is 0.163 e. The van der Waals surface area contributed by atoms with Gasteiger partial charge in [-0.25, -0.2) is 0 Å². The third-order valence-electron chi connectivity index (χ3n) is 5.94. The highest BCUT2D eigenvalue weighted by Crippen LogP contribution is 2.41. The number of nitrogens with zero attached hydrogens (tertiary/aromatic N) is 4. The molecule has 146 valence electrons. The lowest BCUT2D eigenvalue weighted by atomic mass is 9.80. The van der Waals surface area contributed by atoms with Crippen molar-refractivity contribution < 1.29 is 9.26 Å². The van der Waals surface area contributed by atoms with Gasteiger partial charge in [-0.05, 0) is 44.2 Å². The van der Waals surface area contributed by atoms with Crippen molar-refractivity contribution in [1.82, 2.24) is 19.9 Å². The van der Waals surface area contributed by atoms with Crippen molar-refractivity contribution in [2.75, 3.05) is 0 Å². The first-order valence-corrected chi connectivity index (χ1v) is 11.4. The number of hydrogen-bond acceptors (Lipinski definition) is 5. The zero-order valence-corrected chi connectivity index (χ0v) is 18.1. The van der Waals surface area contributed by atoms with E-state index >= 15 is 0 Å². The molecule has 0 atom stereocenters. The molecule has 3 heterocycles. The normalized spacial score (nSPS) is 21.8. The van der Waals surface area contributed by atoms with Crippen LogP contribution in [0.2, 0.25) is 0 Å². The van der Waals surface area contributed by atoms with Gasteiger partial charge < -0.3 is 9.26 Å². The summed E-state index contributed by atoms with van der Waals surface area (Å²) >= 11 is 2.40. The Kier molecular flexibility index (Phi) is 4.96. The van der Waals surface area contributed by atoms with E-state index in [2.05, 4.69) is 66.8 Å². The maximum absolute atomic E-state index is 5.88. The van der Waals surface area contributed by atoms with E-state index in [9.17, 15) is 0 Å². The summed E-state index contributed by atoms with van der Waals surface area (Å²) in [6.07, 6.45) is 4.40. The minimum atomic E-state index is 0.417. The predicted octanol–water partition coefficient (Wildman–Crippen LogP) is 4.97. The van der Waals surface area contributed by atoms with E-state index in [1.54, 1.807) is 0 Å². The minimum absolute atomic E-state index is 0.417. The lowest BCUT2D eigenvalue weighted by Crippen LogP contribution is -2.17. The van der Waals surface area contributed by atoms with Gasteiger partial charge in [0.2, 0.25) is 0 Å². The van der Waals surface area contributed by atoms with Crippen LogP contribution in [0.4, 0.5) is 0 Å². The third-order valence-corrected chi connectivity index (χ3v) is 6.82. The number of fused-ring (bicyclic) bond motifs is 3. The Balaban J connectivity index is 1.43. The number of benzene rings is 1. The van der Waals surface area contributed by atoms with Crippen LogP contribution in [0, 0.1) is 6.92 Å². The van der Waals surface area contributed by atoms with Gasteiger partial charge in [-0.15, -0.1) is 10.2 Å². The molecule has 2 aromatic heterocycles. The summed E-state index contributed by atoms with van der Waals surface area (Å²) in [7, 11) is 0. The van der Waals surface area contributed by atoms with Gasteiger partial charge in [0, 0.05) is 27.9 Å². The monoisotopic (exact) mass is 490 g/mol. The molecule has 6 nitrogen and oxygen atoms in total. The Bertz CT molecular complexity index is 988. The number of halogens is 1. The molecule has 1 aliphatic carbocycles. The SMILES string of the molecule is Cc1cc([C@H]2CC[C@H](c3nnc4n3-c3ccc(CI)cc3COC4)CC2)no1. The van der Waals surface area contributed by atoms with Crippen molar-refractivity contribution >= 4 is 22.6 Å². The molecule has 1 fully saturated rings. The average Bonchev–Trinajstić information content (AvgIpc) is 3.30. The molecule has 3 aromatic rings. The van der Waals surface area contributed by atoms with Crippen LogP contribution in [0.15, 0.2) is 28.8 Å². The van der Waals surface area contributed by atoms with E-state index in [0.717, 1.165) is 53.2 Å². The van der Waals surface area contributed by atoms with Crippen LogP contribution >= 0.6 is 22.6 Å². The van der Waals surface area contributed by atoms with E-state index < -0.39 is 0 Å². The van der Waals surface area contributed by atoms with E-state index in [0.29, 0.717) is 25.0 Å². The quantitative estimate of drug-likeness (QED) is 0.383. The van der Waals surface area contributed by atoms with Crippen LogP contribution in [0.3, 0.4) is 0 Å². The first kappa shape index (κ1) is 18.3. The van der Waals surface area contributed by atoms with Gasteiger partial charge in [0.1, 0.15) is 18.2 Å². The van der Waals surface area contributed by atoms with Gasteiger partial charge in [-0.1, -0.05) is 39.9 Å². The molecule has 7 heteroatoms. The Morgan fingerprint density at radius 3 is 2.64 bits per heavy atom. The fourth-order valence-corrected chi connectivity index (χ4v) is 4.96. The van der Waals surface area contributed by atoms with E-state index in [-0.39, 0.29) is 0 Å². The largest absolute Gasteiger partial charge is 0.369 e. The van der Waals surface area contributed by atoms with Crippen LogP contribution in [-0.4, -0.2) is 19.9 Å². The maximum atomic E-state index is 5.88. The molecule has 0 amide bonds. The van der Waals surface area contributed by atoms with E-state index in [1.165, 1.54) is 16.8 Å². The molecule has 0 radical (unpaired) electrons. The molecule has 0 saturated heterocycles. The highest BCUT2D eigenvalue weighted by atomic mass is 127. The molecule has 1 aromatic carbocycles. The lowest BCUT2D eigenvalue weighted by Gasteiger charge is -2.27.